The van der Waals surface area contributed by atoms with Crippen molar-refractivity contribution in [1.82, 2.24) is 5.32 Å². The summed E-state index contributed by atoms with van der Waals surface area (Å²) >= 11 is 0. The van der Waals surface area contributed by atoms with Gasteiger partial charge in [0.25, 0.3) is 0 Å². The first-order valence-electron chi connectivity index (χ1n) is 5.66. The van der Waals surface area contributed by atoms with Gasteiger partial charge in [-0.3, -0.25) is 0 Å². The smallest absolute Gasteiger partial charge is 0.105 e. The predicted molar refractivity (Wildman–Crippen MR) is 61.0 cm³/mol. The van der Waals surface area contributed by atoms with Gasteiger partial charge in [0.05, 0.1) is 12.9 Å². The van der Waals surface area contributed by atoms with E-state index < -0.39 is 0 Å². The normalized spacial score (nSPS) is 12.9. The number of ether oxygens (including phenoxy) is 1. The van der Waals surface area contributed by atoms with Crippen LogP contribution in [0.5, 0.6) is 0 Å². The average Bonchev–Trinajstić information content (AvgIpc) is 2.70. The SMILES string of the molecule is CCCOCCNC(C)Cc1ccco1. The van der Waals surface area contributed by atoms with Gasteiger partial charge in [-0.05, 0) is 25.5 Å². The third kappa shape index (κ3) is 5.60. The molecule has 0 saturated carbocycles. The topological polar surface area (TPSA) is 34.4 Å². The highest BCUT2D eigenvalue weighted by Crippen LogP contribution is 2.03. The zero-order chi connectivity index (χ0) is 10.9. The van der Waals surface area contributed by atoms with Crippen LogP contribution in [0.3, 0.4) is 0 Å². The third-order valence-electron chi connectivity index (χ3n) is 2.18. The summed E-state index contributed by atoms with van der Waals surface area (Å²) < 4.78 is 10.7. The van der Waals surface area contributed by atoms with E-state index in [1.165, 1.54) is 0 Å². The van der Waals surface area contributed by atoms with E-state index in [-0.39, 0.29) is 0 Å². The van der Waals surface area contributed by atoms with E-state index in [0.29, 0.717) is 6.04 Å². The molecule has 1 heterocycles. The second-order valence-electron chi connectivity index (χ2n) is 3.75. The van der Waals surface area contributed by atoms with Crippen molar-refractivity contribution in [2.45, 2.75) is 32.7 Å². The Morgan fingerprint density at radius 1 is 1.47 bits per heavy atom. The minimum Gasteiger partial charge on any atom is -0.469 e. The maximum absolute atomic E-state index is 5.38. The summed E-state index contributed by atoms with van der Waals surface area (Å²) in [4.78, 5) is 0. The first-order valence-corrected chi connectivity index (χ1v) is 5.66. The van der Waals surface area contributed by atoms with Crippen molar-refractivity contribution in [3.63, 3.8) is 0 Å². The van der Waals surface area contributed by atoms with Crippen LogP contribution in [0.1, 0.15) is 26.0 Å². The molecule has 0 aliphatic heterocycles. The molecule has 0 aliphatic carbocycles. The molecular weight excluding hydrogens is 190 g/mol. The van der Waals surface area contributed by atoms with Gasteiger partial charge in [-0.2, -0.15) is 0 Å². The minimum absolute atomic E-state index is 0.432. The molecule has 0 radical (unpaired) electrons. The minimum atomic E-state index is 0.432. The van der Waals surface area contributed by atoms with E-state index in [1.807, 2.05) is 12.1 Å². The molecule has 0 aliphatic rings. The van der Waals surface area contributed by atoms with Gasteiger partial charge in [-0.1, -0.05) is 6.92 Å². The third-order valence-corrected chi connectivity index (χ3v) is 2.18. The second-order valence-corrected chi connectivity index (χ2v) is 3.75. The molecule has 15 heavy (non-hydrogen) atoms. The van der Waals surface area contributed by atoms with E-state index in [2.05, 4.69) is 19.2 Å². The van der Waals surface area contributed by atoms with Crippen molar-refractivity contribution in [1.29, 1.82) is 0 Å². The lowest BCUT2D eigenvalue weighted by Crippen LogP contribution is -2.31. The summed E-state index contributed by atoms with van der Waals surface area (Å²) in [5, 5.41) is 3.39. The lowest BCUT2D eigenvalue weighted by Gasteiger charge is -2.12. The molecule has 1 aromatic rings. The van der Waals surface area contributed by atoms with Crippen LogP contribution in [0.4, 0.5) is 0 Å². The van der Waals surface area contributed by atoms with Crippen LogP contribution >= 0.6 is 0 Å². The molecule has 86 valence electrons. The Morgan fingerprint density at radius 2 is 2.33 bits per heavy atom. The summed E-state index contributed by atoms with van der Waals surface area (Å²) in [6.45, 7) is 6.82. The van der Waals surface area contributed by atoms with Crippen molar-refractivity contribution in [2.24, 2.45) is 0 Å². The summed E-state index contributed by atoms with van der Waals surface area (Å²) in [5.74, 6) is 1.03. The van der Waals surface area contributed by atoms with Gasteiger partial charge >= 0.3 is 0 Å². The standard InChI is InChI=1S/C12H21NO2/c1-3-7-14-9-6-13-11(2)10-12-5-4-8-15-12/h4-5,8,11,13H,3,6-7,9-10H2,1-2H3. The quantitative estimate of drug-likeness (QED) is 0.670. The van der Waals surface area contributed by atoms with E-state index in [1.54, 1.807) is 6.26 Å². The maximum Gasteiger partial charge on any atom is 0.105 e. The van der Waals surface area contributed by atoms with Gasteiger partial charge < -0.3 is 14.5 Å². The van der Waals surface area contributed by atoms with E-state index >= 15 is 0 Å². The molecule has 1 atom stereocenters. The fourth-order valence-corrected chi connectivity index (χ4v) is 1.43. The second kappa shape index (κ2) is 7.49. The van der Waals surface area contributed by atoms with Crippen LogP contribution in [-0.2, 0) is 11.2 Å². The molecule has 3 nitrogen and oxygen atoms in total. The van der Waals surface area contributed by atoms with E-state index in [4.69, 9.17) is 9.15 Å². The number of nitrogens with one attached hydrogen (secondary N) is 1. The van der Waals surface area contributed by atoms with E-state index in [9.17, 15) is 0 Å². The first kappa shape index (κ1) is 12.3. The van der Waals surface area contributed by atoms with Gasteiger partial charge in [0.15, 0.2) is 0 Å². The van der Waals surface area contributed by atoms with Crippen molar-refractivity contribution in [2.75, 3.05) is 19.8 Å². The van der Waals surface area contributed by atoms with Crippen molar-refractivity contribution >= 4 is 0 Å². The molecule has 0 fully saturated rings. The Labute approximate surface area is 91.8 Å². The van der Waals surface area contributed by atoms with Crippen LogP contribution < -0.4 is 5.32 Å². The summed E-state index contributed by atoms with van der Waals surface area (Å²) in [7, 11) is 0. The Morgan fingerprint density at radius 3 is 3.00 bits per heavy atom. The lowest BCUT2D eigenvalue weighted by atomic mass is 10.2. The maximum atomic E-state index is 5.38. The molecule has 0 bridgehead atoms. The molecule has 0 spiro atoms. The van der Waals surface area contributed by atoms with Gasteiger partial charge in [0.2, 0.25) is 0 Å². The fraction of sp³-hybridized carbons (Fsp3) is 0.667. The number of furan rings is 1. The number of hydrogen-bond donors (Lipinski definition) is 1. The van der Waals surface area contributed by atoms with Crippen LogP contribution in [0.25, 0.3) is 0 Å². The van der Waals surface area contributed by atoms with Gasteiger partial charge in [0.1, 0.15) is 5.76 Å². The molecule has 0 saturated heterocycles. The van der Waals surface area contributed by atoms with Crippen LogP contribution in [-0.4, -0.2) is 25.8 Å². The van der Waals surface area contributed by atoms with Crippen LogP contribution in [0.15, 0.2) is 22.8 Å². The Balaban J connectivity index is 2.01. The lowest BCUT2D eigenvalue weighted by molar-refractivity contribution is 0.134. The highest BCUT2D eigenvalue weighted by Gasteiger charge is 2.03. The Hall–Kier alpha value is -0.800. The fourth-order valence-electron chi connectivity index (χ4n) is 1.43. The molecule has 1 rings (SSSR count). The molecule has 0 amide bonds. The first-order chi connectivity index (χ1) is 7.33. The highest BCUT2D eigenvalue weighted by atomic mass is 16.5. The molecule has 3 heteroatoms. The summed E-state index contributed by atoms with van der Waals surface area (Å²) in [5.41, 5.74) is 0. The largest absolute Gasteiger partial charge is 0.469 e. The highest BCUT2D eigenvalue weighted by molar-refractivity contribution is 4.99. The van der Waals surface area contributed by atoms with Gasteiger partial charge in [-0.25, -0.2) is 0 Å². The van der Waals surface area contributed by atoms with Gasteiger partial charge in [0, 0.05) is 25.6 Å². The molecule has 0 aromatic carbocycles. The van der Waals surface area contributed by atoms with Crippen molar-refractivity contribution < 1.29 is 9.15 Å². The zero-order valence-corrected chi connectivity index (χ0v) is 9.66. The zero-order valence-electron chi connectivity index (χ0n) is 9.66. The van der Waals surface area contributed by atoms with Crippen LogP contribution in [0.2, 0.25) is 0 Å². The predicted octanol–water partition coefficient (Wildman–Crippen LogP) is 2.23. The summed E-state index contributed by atoms with van der Waals surface area (Å²) in [6, 6.07) is 4.36. The Kier molecular flexibility index (Phi) is 6.12. The number of hydrogen-bond acceptors (Lipinski definition) is 3. The average molecular weight is 211 g/mol. The van der Waals surface area contributed by atoms with Gasteiger partial charge in [-0.15, -0.1) is 0 Å². The van der Waals surface area contributed by atoms with Crippen molar-refractivity contribution in [3.8, 4) is 0 Å². The molecule has 1 aromatic heterocycles. The van der Waals surface area contributed by atoms with Crippen molar-refractivity contribution in [3.05, 3.63) is 24.2 Å². The van der Waals surface area contributed by atoms with Crippen LogP contribution in [0, 0.1) is 0 Å². The molecule has 1 N–H and O–H groups in total. The Bertz CT molecular complexity index is 234. The molecule has 1 unspecified atom stereocenters. The monoisotopic (exact) mass is 211 g/mol. The van der Waals surface area contributed by atoms with E-state index in [0.717, 1.165) is 38.4 Å². The molecular formula is C12H21NO2. The summed E-state index contributed by atoms with van der Waals surface area (Å²) in [6.07, 6.45) is 3.73. The number of rotatable bonds is 8.